The lowest BCUT2D eigenvalue weighted by atomic mass is 10.1. The van der Waals surface area contributed by atoms with E-state index in [1.54, 1.807) is 4.90 Å². The fraction of sp³-hybridized carbons (Fsp3) is 0.409. The van der Waals surface area contributed by atoms with Crippen molar-refractivity contribution in [1.29, 1.82) is 0 Å². The van der Waals surface area contributed by atoms with Gasteiger partial charge in [0, 0.05) is 24.1 Å². The number of hydrogen-bond donors (Lipinski definition) is 0. The molecule has 4 rings (SSSR count). The zero-order valence-corrected chi connectivity index (χ0v) is 15.3. The molecule has 1 aromatic carbocycles. The number of hydrogen-bond acceptors (Lipinski definition) is 3. The molecule has 1 saturated carbocycles. The second-order valence-electron chi connectivity index (χ2n) is 7.10. The third kappa shape index (κ3) is 3.28. The predicted octanol–water partition coefficient (Wildman–Crippen LogP) is 4.45. The maximum absolute atomic E-state index is 12.7. The van der Waals surface area contributed by atoms with E-state index in [9.17, 15) is 4.79 Å². The molecule has 1 aromatic rings. The van der Waals surface area contributed by atoms with Gasteiger partial charge in [0.2, 0.25) is 0 Å². The highest BCUT2D eigenvalue weighted by Crippen LogP contribution is 2.40. The van der Waals surface area contributed by atoms with Gasteiger partial charge in [0.05, 0.1) is 19.8 Å². The van der Waals surface area contributed by atoms with Gasteiger partial charge < -0.3 is 14.4 Å². The molecule has 136 valence electrons. The molecule has 2 fully saturated rings. The molecule has 0 radical (unpaired) electrons. The number of anilines is 1. The molecular weight excluding hydrogens is 326 g/mol. The summed E-state index contributed by atoms with van der Waals surface area (Å²) in [6.07, 6.45) is 6.13. The summed E-state index contributed by atoms with van der Waals surface area (Å²) < 4.78 is 11.6. The van der Waals surface area contributed by atoms with Gasteiger partial charge >= 0.3 is 0 Å². The second-order valence-corrected chi connectivity index (χ2v) is 7.10. The number of ether oxygens (including phenoxy) is 2. The van der Waals surface area contributed by atoms with Gasteiger partial charge in [0.1, 0.15) is 5.76 Å². The first kappa shape index (κ1) is 17.0. The van der Waals surface area contributed by atoms with Crippen LogP contribution in [0.25, 0.3) is 0 Å². The molecular formula is C22H25NO3. The molecule has 1 saturated heterocycles. The SMILES string of the molecule is C=C1C(=O)N(c2ccc(C3CC3)cc2)C/C1=C/C1=C(CC)OCCCO1. The maximum Gasteiger partial charge on any atom is 0.258 e. The van der Waals surface area contributed by atoms with Crippen LogP contribution in [0.4, 0.5) is 5.69 Å². The Morgan fingerprint density at radius 2 is 1.92 bits per heavy atom. The number of benzene rings is 1. The summed E-state index contributed by atoms with van der Waals surface area (Å²) in [7, 11) is 0. The van der Waals surface area contributed by atoms with Crippen LogP contribution in [0.3, 0.4) is 0 Å². The quantitative estimate of drug-likeness (QED) is 0.752. The van der Waals surface area contributed by atoms with Crippen molar-refractivity contribution in [2.75, 3.05) is 24.7 Å². The van der Waals surface area contributed by atoms with Gasteiger partial charge in [-0.3, -0.25) is 4.79 Å². The minimum atomic E-state index is -0.0383. The van der Waals surface area contributed by atoms with Gasteiger partial charge in [-0.2, -0.15) is 0 Å². The van der Waals surface area contributed by atoms with Crippen LogP contribution in [0, 0.1) is 0 Å². The van der Waals surface area contributed by atoms with Crippen LogP contribution in [0.2, 0.25) is 0 Å². The summed E-state index contributed by atoms with van der Waals surface area (Å²) in [6.45, 7) is 7.88. The Morgan fingerprint density at radius 1 is 1.19 bits per heavy atom. The Bertz CT molecular complexity index is 784. The van der Waals surface area contributed by atoms with Crippen molar-refractivity contribution < 1.29 is 14.3 Å². The third-order valence-corrected chi connectivity index (χ3v) is 5.20. The van der Waals surface area contributed by atoms with Crippen LogP contribution >= 0.6 is 0 Å². The zero-order valence-electron chi connectivity index (χ0n) is 15.3. The van der Waals surface area contributed by atoms with Crippen molar-refractivity contribution in [3.05, 3.63) is 65.1 Å². The number of allylic oxidation sites excluding steroid dienone is 2. The van der Waals surface area contributed by atoms with Crippen molar-refractivity contribution in [2.45, 2.75) is 38.5 Å². The topological polar surface area (TPSA) is 38.8 Å². The molecule has 3 aliphatic rings. The normalized spacial score (nSPS) is 22.5. The first-order chi connectivity index (χ1) is 12.7. The lowest BCUT2D eigenvalue weighted by Gasteiger charge is -2.15. The zero-order chi connectivity index (χ0) is 18.1. The molecule has 26 heavy (non-hydrogen) atoms. The summed E-state index contributed by atoms with van der Waals surface area (Å²) >= 11 is 0. The van der Waals surface area contributed by atoms with E-state index in [4.69, 9.17) is 9.47 Å². The lowest BCUT2D eigenvalue weighted by molar-refractivity contribution is -0.114. The van der Waals surface area contributed by atoms with Crippen LogP contribution < -0.4 is 4.90 Å². The molecule has 0 aromatic heterocycles. The summed E-state index contributed by atoms with van der Waals surface area (Å²) in [4.78, 5) is 14.5. The molecule has 1 amide bonds. The number of nitrogens with zero attached hydrogens (tertiary/aromatic N) is 1. The molecule has 0 spiro atoms. The van der Waals surface area contributed by atoms with Gasteiger partial charge in [-0.05, 0) is 48.1 Å². The fourth-order valence-corrected chi connectivity index (χ4v) is 3.47. The van der Waals surface area contributed by atoms with E-state index < -0.39 is 0 Å². The standard InChI is InChI=1S/C22H25NO3/c1-3-20-21(26-12-4-11-25-20)13-18-14-23(22(24)15(18)2)19-9-7-17(8-10-19)16-5-6-16/h7-10,13,16H,2-6,11-12,14H2,1H3/b18-13-. The molecule has 2 aliphatic heterocycles. The fourth-order valence-electron chi connectivity index (χ4n) is 3.47. The molecule has 0 N–H and O–H groups in total. The van der Waals surface area contributed by atoms with Crippen LogP contribution in [-0.4, -0.2) is 25.7 Å². The molecule has 2 heterocycles. The van der Waals surface area contributed by atoms with E-state index in [0.717, 1.165) is 41.5 Å². The lowest BCUT2D eigenvalue weighted by Crippen LogP contribution is -2.24. The smallest absolute Gasteiger partial charge is 0.258 e. The van der Waals surface area contributed by atoms with E-state index in [2.05, 4.69) is 18.7 Å². The molecule has 0 bridgehead atoms. The average Bonchev–Trinajstić information content (AvgIpc) is 3.48. The minimum Gasteiger partial charge on any atom is -0.494 e. The largest absolute Gasteiger partial charge is 0.494 e. The highest BCUT2D eigenvalue weighted by Gasteiger charge is 2.31. The van der Waals surface area contributed by atoms with Crippen LogP contribution in [0.1, 0.15) is 44.1 Å². The van der Waals surface area contributed by atoms with Crippen molar-refractivity contribution in [3.8, 4) is 0 Å². The Morgan fingerprint density at radius 3 is 2.62 bits per heavy atom. The first-order valence-corrected chi connectivity index (χ1v) is 9.47. The first-order valence-electron chi connectivity index (χ1n) is 9.47. The van der Waals surface area contributed by atoms with E-state index >= 15 is 0 Å². The van der Waals surface area contributed by atoms with E-state index in [1.165, 1.54) is 18.4 Å². The minimum absolute atomic E-state index is 0.0383. The summed E-state index contributed by atoms with van der Waals surface area (Å²) in [5, 5.41) is 0. The van der Waals surface area contributed by atoms with Crippen LogP contribution in [-0.2, 0) is 14.3 Å². The molecule has 0 atom stereocenters. The van der Waals surface area contributed by atoms with Crippen molar-refractivity contribution in [1.82, 2.24) is 0 Å². The number of rotatable bonds is 4. The molecule has 1 aliphatic carbocycles. The predicted molar refractivity (Wildman–Crippen MR) is 102 cm³/mol. The summed E-state index contributed by atoms with van der Waals surface area (Å²) in [5.74, 6) is 2.27. The van der Waals surface area contributed by atoms with Crippen molar-refractivity contribution in [3.63, 3.8) is 0 Å². The highest BCUT2D eigenvalue weighted by molar-refractivity contribution is 6.12. The molecule has 0 unspecified atom stereocenters. The van der Waals surface area contributed by atoms with Gasteiger partial charge in [0.25, 0.3) is 5.91 Å². The third-order valence-electron chi connectivity index (χ3n) is 5.20. The summed E-state index contributed by atoms with van der Waals surface area (Å²) in [5.41, 5.74) is 3.73. The average molecular weight is 351 g/mol. The van der Waals surface area contributed by atoms with Crippen LogP contribution in [0.5, 0.6) is 0 Å². The Balaban J connectivity index is 1.58. The monoisotopic (exact) mass is 351 g/mol. The van der Waals surface area contributed by atoms with Gasteiger partial charge in [-0.15, -0.1) is 0 Å². The number of carbonyl (C=O) groups excluding carboxylic acids is 1. The van der Waals surface area contributed by atoms with E-state index in [0.29, 0.717) is 25.3 Å². The number of amides is 1. The van der Waals surface area contributed by atoms with E-state index in [-0.39, 0.29) is 5.91 Å². The molecule has 4 nitrogen and oxygen atoms in total. The second kappa shape index (κ2) is 7.02. The van der Waals surface area contributed by atoms with Crippen molar-refractivity contribution in [2.24, 2.45) is 0 Å². The van der Waals surface area contributed by atoms with E-state index in [1.807, 2.05) is 25.1 Å². The number of carbonyl (C=O) groups is 1. The molecule has 4 heteroatoms. The Kier molecular flexibility index (Phi) is 4.58. The maximum atomic E-state index is 12.7. The van der Waals surface area contributed by atoms with Crippen molar-refractivity contribution >= 4 is 11.6 Å². The highest BCUT2D eigenvalue weighted by atomic mass is 16.5. The Hall–Kier alpha value is -2.49. The van der Waals surface area contributed by atoms with Gasteiger partial charge in [-0.1, -0.05) is 25.6 Å². The van der Waals surface area contributed by atoms with Crippen LogP contribution in [0.15, 0.2) is 59.6 Å². The van der Waals surface area contributed by atoms with Gasteiger partial charge in [-0.25, -0.2) is 0 Å². The summed E-state index contributed by atoms with van der Waals surface area (Å²) in [6, 6.07) is 8.38. The van der Waals surface area contributed by atoms with Gasteiger partial charge in [0.15, 0.2) is 5.76 Å². The Labute approximate surface area is 154 Å².